The number of hydrogen-bond acceptors (Lipinski definition) is 6. The Morgan fingerprint density at radius 2 is 2.41 bits per heavy atom. The molecule has 1 unspecified atom stereocenters. The first-order valence-corrected chi connectivity index (χ1v) is 7.32. The minimum Gasteiger partial charge on any atom is -0.377 e. The molecule has 7 nitrogen and oxygen atoms in total. The molecule has 3 rings (SSSR count). The normalized spacial score (nSPS) is 18.3. The zero-order chi connectivity index (χ0) is 15.5. The number of ether oxygens (including phenoxy) is 1. The van der Waals surface area contributed by atoms with Crippen molar-refractivity contribution in [2.24, 2.45) is 0 Å². The van der Waals surface area contributed by atoms with Gasteiger partial charge >= 0.3 is 0 Å². The van der Waals surface area contributed by atoms with E-state index in [1.165, 1.54) is 6.21 Å². The Labute approximate surface area is 129 Å². The highest BCUT2D eigenvalue weighted by Gasteiger charge is 2.22. The van der Waals surface area contributed by atoms with Gasteiger partial charge in [0, 0.05) is 24.4 Å². The van der Waals surface area contributed by atoms with Gasteiger partial charge in [-0.1, -0.05) is 0 Å². The molecule has 1 aliphatic rings. The third-order valence-corrected chi connectivity index (χ3v) is 3.81. The second-order valence-corrected chi connectivity index (χ2v) is 5.42. The first-order chi connectivity index (χ1) is 10.7. The smallest absolute Gasteiger partial charge is 0.143 e. The summed E-state index contributed by atoms with van der Waals surface area (Å²) in [4.78, 5) is 6.95. The maximum Gasteiger partial charge on any atom is 0.143 e. The van der Waals surface area contributed by atoms with Crippen LogP contribution in [0.3, 0.4) is 0 Å². The Hall–Kier alpha value is -2.41. The second-order valence-electron chi connectivity index (χ2n) is 5.42. The largest absolute Gasteiger partial charge is 0.377 e. The predicted molar refractivity (Wildman–Crippen MR) is 86.4 cm³/mol. The van der Waals surface area contributed by atoms with Crippen molar-refractivity contribution in [3.63, 3.8) is 0 Å². The van der Waals surface area contributed by atoms with Crippen LogP contribution in [0.1, 0.15) is 18.1 Å². The molecule has 0 spiro atoms. The summed E-state index contributed by atoms with van der Waals surface area (Å²) in [5, 5.41) is 17.6. The van der Waals surface area contributed by atoms with Crippen LogP contribution in [0.15, 0.2) is 18.3 Å². The lowest BCUT2D eigenvalue weighted by molar-refractivity contribution is 0.0985. The molecular formula is C15H20N6O. The molecular weight excluding hydrogens is 280 g/mol. The molecule has 0 aliphatic carbocycles. The zero-order valence-electron chi connectivity index (χ0n) is 12.8. The summed E-state index contributed by atoms with van der Waals surface area (Å²) in [5.41, 5.74) is 1.79. The molecule has 3 N–H and O–H groups in total. The fraction of sp³-hybridized carbons (Fsp3) is 0.400. The second kappa shape index (κ2) is 6.15. The Morgan fingerprint density at radius 3 is 3.09 bits per heavy atom. The van der Waals surface area contributed by atoms with Crippen LogP contribution in [-0.4, -0.2) is 47.2 Å². The molecule has 1 atom stereocenters. The molecule has 3 heterocycles. The quantitative estimate of drug-likeness (QED) is 0.752. The van der Waals surface area contributed by atoms with Crippen LogP contribution in [0, 0.1) is 12.3 Å². The van der Waals surface area contributed by atoms with Crippen molar-refractivity contribution in [3.8, 4) is 0 Å². The molecule has 116 valence electrons. The van der Waals surface area contributed by atoms with Crippen molar-refractivity contribution < 1.29 is 4.74 Å². The van der Waals surface area contributed by atoms with Gasteiger partial charge in [0.15, 0.2) is 0 Å². The number of rotatable bonds is 4. The molecule has 2 aromatic rings. The summed E-state index contributed by atoms with van der Waals surface area (Å²) in [6.45, 7) is 6.36. The van der Waals surface area contributed by atoms with Crippen LogP contribution in [0.25, 0.3) is 0 Å². The molecule has 7 heteroatoms. The van der Waals surface area contributed by atoms with E-state index in [1.54, 1.807) is 6.20 Å². The highest BCUT2D eigenvalue weighted by molar-refractivity contribution is 5.88. The van der Waals surface area contributed by atoms with Crippen molar-refractivity contribution in [3.05, 3.63) is 29.5 Å². The van der Waals surface area contributed by atoms with Gasteiger partial charge in [-0.25, -0.2) is 4.98 Å². The third-order valence-electron chi connectivity index (χ3n) is 3.81. The average Bonchev–Trinajstić information content (AvgIpc) is 3.00. The molecule has 1 saturated heterocycles. The van der Waals surface area contributed by atoms with Crippen LogP contribution in [-0.2, 0) is 4.74 Å². The van der Waals surface area contributed by atoms with Crippen LogP contribution in [0.4, 0.5) is 17.5 Å². The van der Waals surface area contributed by atoms with E-state index in [0.29, 0.717) is 19.0 Å². The molecule has 0 radical (unpaired) electrons. The van der Waals surface area contributed by atoms with E-state index in [-0.39, 0.29) is 6.04 Å². The fourth-order valence-electron chi connectivity index (χ4n) is 2.61. The number of morpholine rings is 1. The molecule has 1 fully saturated rings. The molecule has 2 aromatic heterocycles. The molecule has 0 aromatic carbocycles. The number of H-pyrrole nitrogens is 1. The van der Waals surface area contributed by atoms with Gasteiger partial charge in [0.1, 0.15) is 17.5 Å². The number of aromatic amines is 1. The first kappa shape index (κ1) is 14.5. The summed E-state index contributed by atoms with van der Waals surface area (Å²) in [6.07, 6.45) is 3.00. The minimum atomic E-state index is 0.284. The number of hydrogen-bond donors (Lipinski definition) is 3. The van der Waals surface area contributed by atoms with E-state index in [4.69, 9.17) is 15.1 Å². The Bertz CT molecular complexity index is 654. The summed E-state index contributed by atoms with van der Waals surface area (Å²) < 4.78 is 5.49. The monoisotopic (exact) mass is 300 g/mol. The lowest BCUT2D eigenvalue weighted by atomic mass is 10.1. The standard InChI is InChI=1S/C15H20N6O/c1-10-7-14(21-5-6-22-9-11(21)2)19-15(12(10)8-16)18-13-3-4-17-20-13/h3-4,7-8,11,16H,5-6,9H2,1-2H3,(H2,17,18,19,20). The van der Waals surface area contributed by atoms with E-state index in [9.17, 15) is 0 Å². The van der Waals surface area contributed by atoms with Crippen molar-refractivity contribution in [1.29, 1.82) is 5.41 Å². The average molecular weight is 300 g/mol. The van der Waals surface area contributed by atoms with E-state index in [0.717, 1.165) is 29.3 Å². The van der Waals surface area contributed by atoms with Gasteiger partial charge in [-0.05, 0) is 25.5 Å². The number of aromatic nitrogens is 3. The fourth-order valence-corrected chi connectivity index (χ4v) is 2.61. The van der Waals surface area contributed by atoms with Gasteiger partial charge < -0.3 is 20.4 Å². The first-order valence-electron chi connectivity index (χ1n) is 7.32. The van der Waals surface area contributed by atoms with Crippen molar-refractivity contribution in [2.45, 2.75) is 19.9 Å². The Kier molecular flexibility index (Phi) is 4.06. The van der Waals surface area contributed by atoms with Crippen LogP contribution in [0.2, 0.25) is 0 Å². The van der Waals surface area contributed by atoms with E-state index in [1.807, 2.05) is 19.1 Å². The van der Waals surface area contributed by atoms with E-state index < -0.39 is 0 Å². The predicted octanol–water partition coefficient (Wildman–Crippen LogP) is 2.08. The summed E-state index contributed by atoms with van der Waals surface area (Å²) >= 11 is 0. The van der Waals surface area contributed by atoms with Crippen LogP contribution >= 0.6 is 0 Å². The van der Waals surface area contributed by atoms with Crippen LogP contribution < -0.4 is 10.2 Å². The maximum atomic E-state index is 7.64. The van der Waals surface area contributed by atoms with Crippen molar-refractivity contribution in [1.82, 2.24) is 15.2 Å². The lowest BCUT2D eigenvalue weighted by Crippen LogP contribution is -2.44. The number of anilines is 3. The third kappa shape index (κ3) is 2.80. The van der Waals surface area contributed by atoms with Gasteiger partial charge in [-0.3, -0.25) is 5.10 Å². The zero-order valence-corrected chi connectivity index (χ0v) is 12.8. The molecule has 0 saturated carbocycles. The summed E-state index contributed by atoms with van der Waals surface area (Å²) in [7, 11) is 0. The number of aryl methyl sites for hydroxylation is 1. The Morgan fingerprint density at radius 1 is 1.55 bits per heavy atom. The van der Waals surface area contributed by atoms with Gasteiger partial charge in [0.2, 0.25) is 0 Å². The molecule has 1 aliphatic heterocycles. The summed E-state index contributed by atoms with van der Waals surface area (Å²) in [5.74, 6) is 2.32. The lowest BCUT2D eigenvalue weighted by Gasteiger charge is -2.34. The highest BCUT2D eigenvalue weighted by atomic mass is 16.5. The molecule has 22 heavy (non-hydrogen) atoms. The molecule has 0 amide bonds. The number of pyridine rings is 1. The van der Waals surface area contributed by atoms with Crippen molar-refractivity contribution >= 4 is 23.7 Å². The highest BCUT2D eigenvalue weighted by Crippen LogP contribution is 2.26. The van der Waals surface area contributed by atoms with Gasteiger partial charge in [-0.2, -0.15) is 5.10 Å². The van der Waals surface area contributed by atoms with E-state index >= 15 is 0 Å². The topological polar surface area (TPSA) is 89.9 Å². The molecule has 0 bridgehead atoms. The van der Waals surface area contributed by atoms with Gasteiger partial charge in [0.05, 0.1) is 25.5 Å². The van der Waals surface area contributed by atoms with Crippen molar-refractivity contribution in [2.75, 3.05) is 30.0 Å². The summed E-state index contributed by atoms with van der Waals surface area (Å²) in [6, 6.07) is 4.14. The maximum absolute atomic E-state index is 7.64. The van der Waals surface area contributed by atoms with Gasteiger partial charge in [0.25, 0.3) is 0 Å². The van der Waals surface area contributed by atoms with Crippen LogP contribution in [0.5, 0.6) is 0 Å². The van der Waals surface area contributed by atoms with E-state index in [2.05, 4.69) is 27.3 Å². The number of nitrogens with one attached hydrogen (secondary N) is 3. The number of nitrogens with zero attached hydrogens (tertiary/aromatic N) is 3. The SMILES string of the molecule is Cc1cc(N2CCOCC2C)nc(Nc2ccn[nH]2)c1C=N. The van der Waals surface area contributed by atoms with Gasteiger partial charge in [-0.15, -0.1) is 0 Å². The Balaban J connectivity index is 1.98. The minimum absolute atomic E-state index is 0.284.